The molecule has 14 heavy (non-hydrogen) atoms. The molecule has 84 valence electrons. The van der Waals surface area contributed by atoms with Gasteiger partial charge in [0.1, 0.15) is 6.79 Å². The van der Waals surface area contributed by atoms with Gasteiger partial charge in [-0.15, -0.1) is 0 Å². The van der Waals surface area contributed by atoms with Crippen LogP contribution in [0.4, 0.5) is 0 Å². The van der Waals surface area contributed by atoms with Gasteiger partial charge < -0.3 is 9.69 Å². The van der Waals surface area contributed by atoms with E-state index in [-0.39, 0.29) is 0 Å². The lowest BCUT2D eigenvalue weighted by Gasteiger charge is -2.29. The summed E-state index contributed by atoms with van der Waals surface area (Å²) in [7, 11) is 2.25. The van der Waals surface area contributed by atoms with Crippen LogP contribution in [0.1, 0.15) is 39.5 Å². The normalized spacial score (nSPS) is 23.0. The lowest BCUT2D eigenvalue weighted by molar-refractivity contribution is -0.0979. The Morgan fingerprint density at radius 2 is 2.07 bits per heavy atom. The summed E-state index contributed by atoms with van der Waals surface area (Å²) in [5.74, 6) is 1.88. The van der Waals surface area contributed by atoms with Gasteiger partial charge in [0.2, 0.25) is 0 Å². The maximum absolute atomic E-state index is 8.00. The van der Waals surface area contributed by atoms with Gasteiger partial charge in [-0.05, 0) is 44.7 Å². The molecule has 1 heterocycles. The number of carbonyl (C=O) groups excluding carboxylic acids is 1. The van der Waals surface area contributed by atoms with Crippen LogP contribution in [0, 0.1) is 11.8 Å². The average molecular weight is 199 g/mol. The maximum Gasteiger partial charge on any atom is 0.106 e. The Morgan fingerprint density at radius 3 is 2.57 bits per heavy atom. The summed E-state index contributed by atoms with van der Waals surface area (Å²) < 4.78 is 0. The highest BCUT2D eigenvalue weighted by Crippen LogP contribution is 2.21. The molecule has 0 aromatic rings. The van der Waals surface area contributed by atoms with E-state index in [2.05, 4.69) is 25.8 Å². The van der Waals surface area contributed by atoms with E-state index < -0.39 is 0 Å². The summed E-state index contributed by atoms with van der Waals surface area (Å²) in [6.07, 6.45) is 5.75. The predicted molar refractivity (Wildman–Crippen MR) is 61.4 cm³/mol. The molecule has 0 aromatic heterocycles. The smallest absolute Gasteiger partial charge is 0.106 e. The largest absolute Gasteiger partial charge is 0.307 e. The van der Waals surface area contributed by atoms with Crippen LogP contribution >= 0.6 is 0 Å². The van der Waals surface area contributed by atoms with Crippen molar-refractivity contribution in [2.45, 2.75) is 39.5 Å². The first-order valence-corrected chi connectivity index (χ1v) is 5.66. The Bertz CT molecular complexity index is 136. The molecule has 0 radical (unpaired) electrons. The van der Waals surface area contributed by atoms with E-state index in [1.165, 1.54) is 38.8 Å². The van der Waals surface area contributed by atoms with E-state index in [0.717, 1.165) is 11.8 Å². The molecule has 1 saturated heterocycles. The van der Waals surface area contributed by atoms with Gasteiger partial charge in [-0.25, -0.2) is 0 Å². The molecule has 2 heteroatoms. The third-order valence-electron chi connectivity index (χ3n) is 2.87. The second-order valence-corrected chi connectivity index (χ2v) is 4.74. The van der Waals surface area contributed by atoms with Crippen molar-refractivity contribution >= 4 is 6.79 Å². The Hall–Kier alpha value is -0.370. The van der Waals surface area contributed by atoms with Gasteiger partial charge in [0.15, 0.2) is 0 Å². The summed E-state index contributed by atoms with van der Waals surface area (Å²) in [5, 5.41) is 0. The molecule has 0 bridgehead atoms. The molecule has 1 unspecified atom stereocenters. The fourth-order valence-electron chi connectivity index (χ4n) is 2.08. The third-order valence-corrected chi connectivity index (χ3v) is 2.87. The molecular weight excluding hydrogens is 174 g/mol. The number of piperidine rings is 1. The number of carbonyl (C=O) groups is 1. The lowest BCUT2D eigenvalue weighted by atomic mass is 9.91. The van der Waals surface area contributed by atoms with E-state index in [1.54, 1.807) is 0 Å². The minimum Gasteiger partial charge on any atom is -0.307 e. The number of hydrogen-bond donors (Lipinski definition) is 0. The Morgan fingerprint density at radius 1 is 1.43 bits per heavy atom. The number of likely N-dealkylation sites (tertiary alicyclic amines) is 1. The highest BCUT2D eigenvalue weighted by molar-refractivity contribution is 5.10. The zero-order chi connectivity index (χ0) is 11.0. The zero-order valence-electron chi connectivity index (χ0n) is 9.96. The van der Waals surface area contributed by atoms with Gasteiger partial charge in [-0.3, -0.25) is 0 Å². The molecule has 0 amide bonds. The number of rotatable bonds is 3. The van der Waals surface area contributed by atoms with Crippen molar-refractivity contribution in [1.29, 1.82) is 0 Å². The number of nitrogens with zero attached hydrogens (tertiary/aromatic N) is 1. The summed E-state index contributed by atoms with van der Waals surface area (Å²) in [6.45, 7) is 9.31. The monoisotopic (exact) mass is 199 g/mol. The molecule has 0 aliphatic carbocycles. The molecular formula is C12H25NO. The van der Waals surface area contributed by atoms with E-state index in [9.17, 15) is 0 Å². The average Bonchev–Trinajstić information content (AvgIpc) is 2.18. The van der Waals surface area contributed by atoms with Crippen LogP contribution in [0.15, 0.2) is 0 Å². The van der Waals surface area contributed by atoms with Crippen LogP contribution in [0.3, 0.4) is 0 Å². The molecule has 2 nitrogen and oxygen atoms in total. The van der Waals surface area contributed by atoms with Gasteiger partial charge in [0.05, 0.1) is 0 Å². The molecule has 0 saturated carbocycles. The van der Waals surface area contributed by atoms with E-state index >= 15 is 0 Å². The van der Waals surface area contributed by atoms with E-state index in [1.807, 2.05) is 6.79 Å². The Labute approximate surface area is 88.7 Å². The second kappa shape index (κ2) is 7.98. The van der Waals surface area contributed by atoms with Gasteiger partial charge in [-0.1, -0.05) is 20.3 Å². The molecule has 0 N–H and O–H groups in total. The van der Waals surface area contributed by atoms with Crippen molar-refractivity contribution in [2.24, 2.45) is 11.8 Å². The molecule has 0 aromatic carbocycles. The minimum absolute atomic E-state index is 0.886. The lowest BCUT2D eigenvalue weighted by Crippen LogP contribution is -2.32. The highest BCUT2D eigenvalue weighted by Gasteiger charge is 2.16. The van der Waals surface area contributed by atoms with Gasteiger partial charge in [-0.2, -0.15) is 0 Å². The quantitative estimate of drug-likeness (QED) is 0.696. The van der Waals surface area contributed by atoms with Crippen LogP contribution in [-0.2, 0) is 4.79 Å². The van der Waals surface area contributed by atoms with Crippen molar-refractivity contribution in [3.63, 3.8) is 0 Å². The SMILES string of the molecule is C=O.CC(C)CCC1CCCN(C)C1. The maximum atomic E-state index is 8.00. The first-order chi connectivity index (χ1) is 6.68. The molecule has 1 aliphatic heterocycles. The zero-order valence-corrected chi connectivity index (χ0v) is 9.96. The topological polar surface area (TPSA) is 20.3 Å². The van der Waals surface area contributed by atoms with E-state index in [4.69, 9.17) is 4.79 Å². The van der Waals surface area contributed by atoms with Crippen molar-refractivity contribution in [2.75, 3.05) is 20.1 Å². The summed E-state index contributed by atoms with van der Waals surface area (Å²) >= 11 is 0. The first kappa shape index (κ1) is 13.6. The molecule has 1 aliphatic rings. The van der Waals surface area contributed by atoms with Crippen LogP contribution in [0.2, 0.25) is 0 Å². The fourth-order valence-corrected chi connectivity index (χ4v) is 2.08. The minimum atomic E-state index is 0.886. The van der Waals surface area contributed by atoms with Crippen molar-refractivity contribution in [3.8, 4) is 0 Å². The Kier molecular flexibility index (Phi) is 7.77. The first-order valence-electron chi connectivity index (χ1n) is 5.66. The second-order valence-electron chi connectivity index (χ2n) is 4.74. The summed E-state index contributed by atoms with van der Waals surface area (Å²) in [6, 6.07) is 0. The molecule has 0 spiro atoms. The Balaban J connectivity index is 0.000000791. The van der Waals surface area contributed by atoms with Crippen molar-refractivity contribution in [1.82, 2.24) is 4.90 Å². The predicted octanol–water partition coefficient (Wildman–Crippen LogP) is 2.58. The summed E-state index contributed by atoms with van der Waals surface area (Å²) in [5.41, 5.74) is 0. The molecule has 1 rings (SSSR count). The van der Waals surface area contributed by atoms with Gasteiger partial charge in [0.25, 0.3) is 0 Å². The molecule has 1 fully saturated rings. The third kappa shape index (κ3) is 6.14. The van der Waals surface area contributed by atoms with Crippen LogP contribution < -0.4 is 0 Å². The molecule has 1 atom stereocenters. The standard InChI is InChI=1S/C11H23N.CH2O/c1-10(2)6-7-11-5-4-8-12(3)9-11;1-2/h10-11H,4-9H2,1-3H3;1H2. The van der Waals surface area contributed by atoms with Crippen molar-refractivity contribution in [3.05, 3.63) is 0 Å². The highest BCUT2D eigenvalue weighted by atomic mass is 16.1. The van der Waals surface area contributed by atoms with Gasteiger partial charge in [0, 0.05) is 6.54 Å². The van der Waals surface area contributed by atoms with Gasteiger partial charge >= 0.3 is 0 Å². The van der Waals surface area contributed by atoms with Crippen LogP contribution in [0.25, 0.3) is 0 Å². The number of hydrogen-bond acceptors (Lipinski definition) is 2. The van der Waals surface area contributed by atoms with E-state index in [0.29, 0.717) is 0 Å². The van der Waals surface area contributed by atoms with Crippen LogP contribution in [0.5, 0.6) is 0 Å². The van der Waals surface area contributed by atoms with Crippen molar-refractivity contribution < 1.29 is 4.79 Å². The fraction of sp³-hybridized carbons (Fsp3) is 0.917. The van der Waals surface area contributed by atoms with Crippen LogP contribution in [-0.4, -0.2) is 31.8 Å². The summed E-state index contributed by atoms with van der Waals surface area (Å²) in [4.78, 5) is 10.5.